The molecule has 1 saturated carbocycles. The van der Waals surface area contributed by atoms with Crippen LogP contribution in [-0.4, -0.2) is 46.5 Å². The van der Waals surface area contributed by atoms with Crippen LogP contribution in [0.4, 0.5) is 0 Å². The van der Waals surface area contributed by atoms with Crippen LogP contribution >= 0.6 is 11.8 Å². The lowest BCUT2D eigenvalue weighted by Crippen LogP contribution is -2.37. The minimum atomic E-state index is -0.744. The van der Waals surface area contributed by atoms with Gasteiger partial charge < -0.3 is 10.0 Å². The normalized spacial score (nSPS) is 30.0. The van der Waals surface area contributed by atoms with Crippen LogP contribution in [0.5, 0.6) is 0 Å². The number of hydrogen-bond donors (Lipinski definition) is 1. The molecule has 1 N–H and O–H groups in total. The fraction of sp³-hybridized carbons (Fsp3) is 0.833. The number of carboxylic acids is 1. The third-order valence-electron chi connectivity index (χ3n) is 3.67. The van der Waals surface area contributed by atoms with Crippen LogP contribution in [0.15, 0.2) is 0 Å². The SMILES string of the molecule is O=C(O)[C@H]1CC[C@@H](C(=O)N2CCCSCC2)C1. The average molecular weight is 257 g/mol. The molecule has 1 aliphatic heterocycles. The Morgan fingerprint density at radius 1 is 1.12 bits per heavy atom. The number of thioether (sulfide) groups is 1. The van der Waals surface area contributed by atoms with Crippen molar-refractivity contribution in [1.29, 1.82) is 0 Å². The highest BCUT2D eigenvalue weighted by molar-refractivity contribution is 7.99. The molecule has 1 aliphatic carbocycles. The Balaban J connectivity index is 1.89. The minimum absolute atomic E-state index is 0.0424. The first-order chi connectivity index (χ1) is 8.18. The molecule has 2 fully saturated rings. The van der Waals surface area contributed by atoms with E-state index < -0.39 is 5.97 Å². The quantitative estimate of drug-likeness (QED) is 0.813. The Morgan fingerprint density at radius 2 is 1.88 bits per heavy atom. The second-order valence-corrected chi connectivity index (χ2v) is 6.06. The zero-order valence-electron chi connectivity index (χ0n) is 9.93. The van der Waals surface area contributed by atoms with Gasteiger partial charge in [0.25, 0.3) is 0 Å². The summed E-state index contributed by atoms with van der Waals surface area (Å²) in [7, 11) is 0. The lowest BCUT2D eigenvalue weighted by molar-refractivity contribution is -0.141. The van der Waals surface area contributed by atoms with E-state index in [1.165, 1.54) is 0 Å². The molecule has 5 heteroatoms. The Labute approximate surface area is 106 Å². The van der Waals surface area contributed by atoms with Crippen molar-refractivity contribution >= 4 is 23.6 Å². The number of carboxylic acid groups (broad SMARTS) is 1. The molecule has 0 aromatic rings. The van der Waals surface area contributed by atoms with Gasteiger partial charge in [0.2, 0.25) is 5.91 Å². The molecule has 0 aromatic heterocycles. The number of carbonyl (C=O) groups is 2. The topological polar surface area (TPSA) is 57.6 Å². The first-order valence-electron chi connectivity index (χ1n) is 6.28. The first-order valence-corrected chi connectivity index (χ1v) is 7.43. The molecule has 0 radical (unpaired) electrons. The highest BCUT2D eigenvalue weighted by Gasteiger charge is 2.35. The minimum Gasteiger partial charge on any atom is -0.481 e. The molecule has 96 valence electrons. The summed E-state index contributed by atoms with van der Waals surface area (Å²) in [4.78, 5) is 25.1. The van der Waals surface area contributed by atoms with Crippen molar-refractivity contribution in [2.45, 2.75) is 25.7 Å². The van der Waals surface area contributed by atoms with E-state index in [2.05, 4.69) is 0 Å². The van der Waals surface area contributed by atoms with Crippen LogP contribution in [0.2, 0.25) is 0 Å². The molecule has 0 spiro atoms. The molecule has 2 atom stereocenters. The maximum atomic E-state index is 12.2. The number of carbonyl (C=O) groups excluding carboxylic acids is 1. The van der Waals surface area contributed by atoms with Crippen LogP contribution in [0.1, 0.15) is 25.7 Å². The predicted octanol–water partition coefficient (Wildman–Crippen LogP) is 1.45. The van der Waals surface area contributed by atoms with E-state index >= 15 is 0 Å². The maximum Gasteiger partial charge on any atom is 0.306 e. The van der Waals surface area contributed by atoms with Crippen LogP contribution in [0.3, 0.4) is 0 Å². The molecule has 4 nitrogen and oxygen atoms in total. The van der Waals surface area contributed by atoms with Crippen molar-refractivity contribution in [3.63, 3.8) is 0 Å². The summed E-state index contributed by atoms with van der Waals surface area (Å²) in [6, 6.07) is 0. The summed E-state index contributed by atoms with van der Waals surface area (Å²) in [5.74, 6) is 1.25. The van der Waals surface area contributed by atoms with Crippen molar-refractivity contribution in [3.05, 3.63) is 0 Å². The second kappa shape index (κ2) is 5.76. The Kier molecular flexibility index (Phi) is 4.31. The van der Waals surface area contributed by atoms with Gasteiger partial charge in [-0.3, -0.25) is 9.59 Å². The van der Waals surface area contributed by atoms with E-state index in [1.54, 1.807) is 0 Å². The summed E-state index contributed by atoms with van der Waals surface area (Å²) < 4.78 is 0. The van der Waals surface area contributed by atoms with Gasteiger partial charge in [0.1, 0.15) is 0 Å². The highest BCUT2D eigenvalue weighted by atomic mass is 32.2. The van der Waals surface area contributed by atoms with Gasteiger partial charge in [-0.05, 0) is 31.4 Å². The van der Waals surface area contributed by atoms with E-state index in [0.717, 1.165) is 37.4 Å². The summed E-state index contributed by atoms with van der Waals surface area (Å²) >= 11 is 1.90. The number of amides is 1. The van der Waals surface area contributed by atoms with Crippen LogP contribution in [0.25, 0.3) is 0 Å². The van der Waals surface area contributed by atoms with Gasteiger partial charge in [0.15, 0.2) is 0 Å². The number of nitrogens with zero attached hydrogens (tertiary/aromatic N) is 1. The first kappa shape index (κ1) is 12.7. The molecule has 0 aromatic carbocycles. The van der Waals surface area contributed by atoms with Gasteiger partial charge in [0, 0.05) is 24.8 Å². The number of hydrogen-bond acceptors (Lipinski definition) is 3. The zero-order valence-corrected chi connectivity index (χ0v) is 10.7. The molecule has 1 heterocycles. The summed E-state index contributed by atoms with van der Waals surface area (Å²) in [6.45, 7) is 1.68. The third-order valence-corrected chi connectivity index (χ3v) is 4.71. The Morgan fingerprint density at radius 3 is 2.59 bits per heavy atom. The molecule has 2 aliphatic rings. The lowest BCUT2D eigenvalue weighted by atomic mass is 10.0. The van der Waals surface area contributed by atoms with Gasteiger partial charge in [-0.15, -0.1) is 0 Å². The maximum absolute atomic E-state index is 12.2. The predicted molar refractivity (Wildman–Crippen MR) is 67.0 cm³/mol. The summed E-state index contributed by atoms with van der Waals surface area (Å²) in [5, 5.41) is 8.94. The van der Waals surface area contributed by atoms with Crippen molar-refractivity contribution in [2.75, 3.05) is 24.6 Å². The molecule has 1 amide bonds. The molecule has 1 saturated heterocycles. The van der Waals surface area contributed by atoms with Crippen molar-refractivity contribution in [3.8, 4) is 0 Å². The van der Waals surface area contributed by atoms with Gasteiger partial charge in [0.05, 0.1) is 5.92 Å². The smallest absolute Gasteiger partial charge is 0.306 e. The molecule has 17 heavy (non-hydrogen) atoms. The Hall–Kier alpha value is -0.710. The van der Waals surface area contributed by atoms with Gasteiger partial charge >= 0.3 is 5.97 Å². The van der Waals surface area contributed by atoms with Crippen LogP contribution in [-0.2, 0) is 9.59 Å². The van der Waals surface area contributed by atoms with E-state index in [-0.39, 0.29) is 17.7 Å². The molecular formula is C12H19NO3S. The molecule has 0 unspecified atom stereocenters. The summed E-state index contributed by atoms with van der Waals surface area (Å²) in [6.07, 6.45) is 3.01. The van der Waals surface area contributed by atoms with Crippen molar-refractivity contribution in [2.24, 2.45) is 11.8 Å². The molecule has 2 rings (SSSR count). The van der Waals surface area contributed by atoms with E-state index in [1.807, 2.05) is 16.7 Å². The van der Waals surface area contributed by atoms with Crippen LogP contribution < -0.4 is 0 Å². The van der Waals surface area contributed by atoms with Crippen molar-refractivity contribution < 1.29 is 14.7 Å². The molecule has 0 bridgehead atoms. The second-order valence-electron chi connectivity index (χ2n) is 4.84. The van der Waals surface area contributed by atoms with Gasteiger partial charge in [-0.25, -0.2) is 0 Å². The number of aliphatic carboxylic acids is 1. The fourth-order valence-corrected chi connectivity index (χ4v) is 3.54. The highest BCUT2D eigenvalue weighted by Crippen LogP contribution is 2.32. The molecular weight excluding hydrogens is 238 g/mol. The number of rotatable bonds is 2. The summed E-state index contributed by atoms with van der Waals surface area (Å²) in [5.41, 5.74) is 0. The van der Waals surface area contributed by atoms with Crippen LogP contribution in [0, 0.1) is 11.8 Å². The zero-order chi connectivity index (χ0) is 12.3. The fourth-order valence-electron chi connectivity index (χ4n) is 2.65. The van der Waals surface area contributed by atoms with E-state index in [9.17, 15) is 9.59 Å². The monoisotopic (exact) mass is 257 g/mol. The van der Waals surface area contributed by atoms with Gasteiger partial charge in [-0.1, -0.05) is 0 Å². The van der Waals surface area contributed by atoms with Crippen molar-refractivity contribution in [1.82, 2.24) is 4.90 Å². The largest absolute Gasteiger partial charge is 0.481 e. The third kappa shape index (κ3) is 3.15. The van der Waals surface area contributed by atoms with E-state index in [0.29, 0.717) is 12.8 Å². The Bertz CT molecular complexity index is 300. The average Bonchev–Trinajstić information content (AvgIpc) is 2.65. The standard InChI is InChI=1S/C12H19NO3S/c14-11(13-4-1-6-17-7-5-13)9-2-3-10(8-9)12(15)16/h9-10H,1-8H2,(H,15,16)/t9-,10+/m1/s1. The van der Waals surface area contributed by atoms with Gasteiger partial charge in [-0.2, -0.15) is 11.8 Å². The van der Waals surface area contributed by atoms with E-state index in [4.69, 9.17) is 5.11 Å². The lowest BCUT2D eigenvalue weighted by Gasteiger charge is -2.23.